The largest absolute Gasteiger partial charge is 0.466 e. The van der Waals surface area contributed by atoms with E-state index >= 15 is 0 Å². The molecule has 1 atom stereocenters. The van der Waals surface area contributed by atoms with E-state index in [9.17, 15) is 13.9 Å². The fourth-order valence-corrected chi connectivity index (χ4v) is 2.29. The maximum absolute atomic E-state index is 13.6. The molecule has 0 radical (unpaired) electrons. The predicted molar refractivity (Wildman–Crippen MR) is 92.3 cm³/mol. The van der Waals surface area contributed by atoms with Gasteiger partial charge in [0, 0.05) is 13.1 Å². The fraction of sp³-hybridized carbons (Fsp3) is 0.389. The van der Waals surface area contributed by atoms with Gasteiger partial charge in [-0.05, 0) is 56.2 Å². The van der Waals surface area contributed by atoms with Gasteiger partial charge in [0.25, 0.3) is 0 Å². The zero-order valence-corrected chi connectivity index (χ0v) is 14.4. The molecule has 2 rings (SSSR count). The Bertz CT molecular complexity index is 700. The summed E-state index contributed by atoms with van der Waals surface area (Å²) in [5.74, 6) is -0.00238. The average Bonchev–Trinajstić information content (AvgIpc) is 3.11. The van der Waals surface area contributed by atoms with Crippen molar-refractivity contribution in [1.82, 2.24) is 10.6 Å². The normalized spacial score (nSPS) is 14.2. The second-order valence-electron chi connectivity index (χ2n) is 5.86. The third-order valence-corrected chi connectivity index (χ3v) is 3.64. The Morgan fingerprint density at radius 1 is 1.28 bits per heavy atom. The summed E-state index contributed by atoms with van der Waals surface area (Å²) in [6.07, 6.45) is 1.80. The van der Waals surface area contributed by atoms with Crippen molar-refractivity contribution in [3.63, 3.8) is 0 Å². The molecule has 3 N–H and O–H groups in total. The SMILES string of the molecule is CCNC(=NCC(C)(O)c1ccco1)NCCc1cc(F)ccc1F. The molecule has 0 aliphatic rings. The molecular formula is C18H23F2N3O2. The number of halogens is 2. The van der Waals surface area contributed by atoms with Gasteiger partial charge >= 0.3 is 0 Å². The van der Waals surface area contributed by atoms with Crippen LogP contribution in [0.5, 0.6) is 0 Å². The Labute approximate surface area is 145 Å². The van der Waals surface area contributed by atoms with Crippen LogP contribution >= 0.6 is 0 Å². The number of hydrogen-bond donors (Lipinski definition) is 3. The molecule has 1 aromatic heterocycles. The van der Waals surface area contributed by atoms with E-state index in [2.05, 4.69) is 15.6 Å². The smallest absolute Gasteiger partial charge is 0.191 e. The molecule has 0 aliphatic heterocycles. The van der Waals surface area contributed by atoms with Crippen LogP contribution in [-0.4, -0.2) is 30.7 Å². The number of hydrogen-bond acceptors (Lipinski definition) is 3. The van der Waals surface area contributed by atoms with Gasteiger partial charge < -0.3 is 20.2 Å². The number of guanidine groups is 1. The molecule has 0 saturated carbocycles. The second-order valence-corrected chi connectivity index (χ2v) is 5.86. The molecule has 136 valence electrons. The Morgan fingerprint density at radius 3 is 2.76 bits per heavy atom. The molecule has 1 aromatic carbocycles. The molecule has 5 nitrogen and oxygen atoms in total. The van der Waals surface area contributed by atoms with Crippen LogP contribution in [0.2, 0.25) is 0 Å². The first-order valence-electron chi connectivity index (χ1n) is 8.15. The third kappa shape index (κ3) is 5.56. The van der Waals surface area contributed by atoms with Crippen LogP contribution in [0.15, 0.2) is 46.0 Å². The van der Waals surface area contributed by atoms with Crippen LogP contribution in [0.1, 0.15) is 25.2 Å². The Hall–Kier alpha value is -2.41. The Kier molecular flexibility index (Phi) is 6.52. The minimum atomic E-state index is -1.24. The van der Waals surface area contributed by atoms with Crippen molar-refractivity contribution in [2.45, 2.75) is 25.9 Å². The highest BCUT2D eigenvalue weighted by Crippen LogP contribution is 2.21. The van der Waals surface area contributed by atoms with Crippen LogP contribution in [0.3, 0.4) is 0 Å². The van der Waals surface area contributed by atoms with Crippen molar-refractivity contribution < 1.29 is 18.3 Å². The van der Waals surface area contributed by atoms with E-state index in [1.54, 1.807) is 19.1 Å². The predicted octanol–water partition coefficient (Wildman–Crippen LogP) is 2.56. The van der Waals surface area contributed by atoms with Gasteiger partial charge in [-0.25, -0.2) is 13.8 Å². The van der Waals surface area contributed by atoms with Crippen molar-refractivity contribution in [3.8, 4) is 0 Å². The number of nitrogens with one attached hydrogen (secondary N) is 2. The van der Waals surface area contributed by atoms with E-state index in [0.717, 1.165) is 12.1 Å². The Balaban J connectivity index is 1.94. The van der Waals surface area contributed by atoms with Crippen LogP contribution in [0.4, 0.5) is 8.78 Å². The van der Waals surface area contributed by atoms with Gasteiger partial charge in [0.1, 0.15) is 23.0 Å². The summed E-state index contributed by atoms with van der Waals surface area (Å²) in [6, 6.07) is 6.77. The summed E-state index contributed by atoms with van der Waals surface area (Å²) in [7, 11) is 0. The van der Waals surface area contributed by atoms with E-state index in [1.807, 2.05) is 6.92 Å². The summed E-state index contributed by atoms with van der Waals surface area (Å²) in [5, 5.41) is 16.5. The fourth-order valence-electron chi connectivity index (χ4n) is 2.29. The lowest BCUT2D eigenvalue weighted by Crippen LogP contribution is -2.39. The van der Waals surface area contributed by atoms with E-state index in [-0.39, 0.29) is 6.54 Å². The summed E-state index contributed by atoms with van der Waals surface area (Å²) >= 11 is 0. The van der Waals surface area contributed by atoms with E-state index in [0.29, 0.717) is 36.8 Å². The molecule has 1 heterocycles. The van der Waals surface area contributed by atoms with Crippen molar-refractivity contribution in [2.24, 2.45) is 4.99 Å². The topological polar surface area (TPSA) is 69.8 Å². The first-order chi connectivity index (χ1) is 11.9. The van der Waals surface area contributed by atoms with Gasteiger partial charge in [0.15, 0.2) is 5.96 Å². The van der Waals surface area contributed by atoms with E-state index < -0.39 is 17.2 Å². The number of aliphatic imine (C=N–C) groups is 1. The number of aliphatic hydroxyl groups is 1. The summed E-state index contributed by atoms with van der Waals surface area (Å²) in [4.78, 5) is 4.33. The molecule has 1 unspecified atom stereocenters. The third-order valence-electron chi connectivity index (χ3n) is 3.64. The van der Waals surface area contributed by atoms with Crippen LogP contribution in [-0.2, 0) is 12.0 Å². The quantitative estimate of drug-likeness (QED) is 0.530. The minimum Gasteiger partial charge on any atom is -0.466 e. The van der Waals surface area contributed by atoms with Crippen LogP contribution in [0.25, 0.3) is 0 Å². The second kappa shape index (κ2) is 8.62. The summed E-state index contributed by atoms with van der Waals surface area (Å²) in [5.41, 5.74) is -0.938. The highest BCUT2D eigenvalue weighted by atomic mass is 19.1. The van der Waals surface area contributed by atoms with Crippen LogP contribution < -0.4 is 10.6 Å². The molecule has 7 heteroatoms. The molecule has 25 heavy (non-hydrogen) atoms. The lowest BCUT2D eigenvalue weighted by molar-refractivity contribution is 0.0437. The highest BCUT2D eigenvalue weighted by Gasteiger charge is 2.26. The molecule has 0 aliphatic carbocycles. The Morgan fingerprint density at radius 2 is 2.08 bits per heavy atom. The highest BCUT2D eigenvalue weighted by molar-refractivity contribution is 5.79. The van der Waals surface area contributed by atoms with Gasteiger partial charge in [-0.15, -0.1) is 0 Å². The molecule has 0 spiro atoms. The number of furan rings is 1. The van der Waals surface area contributed by atoms with Crippen molar-refractivity contribution >= 4 is 5.96 Å². The van der Waals surface area contributed by atoms with E-state index in [1.165, 1.54) is 12.3 Å². The van der Waals surface area contributed by atoms with Gasteiger partial charge in [-0.3, -0.25) is 0 Å². The standard InChI is InChI=1S/C18H23F2N3O2/c1-3-21-17(23-12-18(2,24)16-5-4-10-25-16)22-9-8-13-11-14(19)6-7-15(13)20/h4-7,10-11,24H,3,8-9,12H2,1-2H3,(H2,21,22,23). The van der Waals surface area contributed by atoms with Crippen molar-refractivity contribution in [1.29, 1.82) is 0 Å². The van der Waals surface area contributed by atoms with Crippen molar-refractivity contribution in [3.05, 3.63) is 59.6 Å². The van der Waals surface area contributed by atoms with Crippen LogP contribution in [0, 0.1) is 11.6 Å². The van der Waals surface area contributed by atoms with Crippen molar-refractivity contribution in [2.75, 3.05) is 19.6 Å². The maximum Gasteiger partial charge on any atom is 0.191 e. The zero-order chi connectivity index (χ0) is 18.3. The molecule has 0 fully saturated rings. The molecule has 0 bridgehead atoms. The van der Waals surface area contributed by atoms with Gasteiger partial charge in [-0.2, -0.15) is 0 Å². The van der Waals surface area contributed by atoms with Gasteiger partial charge in [0.2, 0.25) is 0 Å². The molecule has 0 amide bonds. The molecular weight excluding hydrogens is 328 g/mol. The first kappa shape index (κ1) is 18.9. The summed E-state index contributed by atoms with van der Waals surface area (Å²) < 4.78 is 32.0. The molecule has 2 aromatic rings. The number of benzene rings is 1. The number of rotatable bonds is 7. The number of nitrogens with zero attached hydrogens (tertiary/aromatic N) is 1. The molecule has 0 saturated heterocycles. The lowest BCUT2D eigenvalue weighted by Gasteiger charge is -2.19. The monoisotopic (exact) mass is 351 g/mol. The minimum absolute atomic E-state index is 0.0875. The van der Waals surface area contributed by atoms with Gasteiger partial charge in [-0.1, -0.05) is 0 Å². The summed E-state index contributed by atoms with van der Waals surface area (Å²) in [6.45, 7) is 4.61. The maximum atomic E-state index is 13.6. The van der Waals surface area contributed by atoms with Gasteiger partial charge in [0.05, 0.1) is 12.8 Å². The van der Waals surface area contributed by atoms with E-state index in [4.69, 9.17) is 4.42 Å². The first-order valence-corrected chi connectivity index (χ1v) is 8.15. The zero-order valence-electron chi connectivity index (χ0n) is 14.4. The average molecular weight is 351 g/mol. The lowest BCUT2D eigenvalue weighted by atomic mass is 10.0.